The highest BCUT2D eigenvalue weighted by Crippen LogP contribution is 2.15. The van der Waals surface area contributed by atoms with Crippen molar-refractivity contribution in [1.82, 2.24) is 0 Å². The maximum Gasteiger partial charge on any atom is 0.194 e. The molecule has 1 aromatic rings. The molecule has 1 rings (SSSR count). The van der Waals surface area contributed by atoms with Gasteiger partial charge in [-0.15, -0.1) is 0 Å². The van der Waals surface area contributed by atoms with Crippen molar-refractivity contribution in [1.29, 1.82) is 0 Å². The molecule has 0 unspecified atom stereocenters. The molecule has 0 nitrogen and oxygen atoms in total. The molecule has 83 valence electrons. The lowest BCUT2D eigenvalue weighted by atomic mass is 10.1. The average molecular weight is 215 g/mol. The van der Waals surface area contributed by atoms with Gasteiger partial charge in [0.2, 0.25) is 0 Å². The maximum atomic E-state index is 12.8. The third-order valence-corrected chi connectivity index (χ3v) is 2.26. The third-order valence-electron chi connectivity index (χ3n) is 2.26. The van der Waals surface area contributed by atoms with Crippen LogP contribution in [-0.2, 0) is 6.42 Å². The van der Waals surface area contributed by atoms with E-state index >= 15 is 0 Å². The Bertz CT molecular complexity index is 298. The molecule has 0 aliphatic rings. The van der Waals surface area contributed by atoms with Crippen molar-refractivity contribution in [2.24, 2.45) is 0 Å². The number of halogens is 3. The second-order valence-corrected chi connectivity index (χ2v) is 3.54. The van der Waals surface area contributed by atoms with Crippen molar-refractivity contribution in [3.8, 4) is 0 Å². The summed E-state index contributed by atoms with van der Waals surface area (Å²) in [6, 6.07) is 2.12. The number of unbranched alkanes of at least 4 members (excludes halogenated alkanes) is 3. The van der Waals surface area contributed by atoms with Crippen molar-refractivity contribution >= 4 is 0 Å². The van der Waals surface area contributed by atoms with Crippen LogP contribution >= 0.6 is 0 Å². The molecule has 0 aliphatic heterocycles. The van der Waals surface area contributed by atoms with Crippen LogP contribution < -0.4 is 0 Å². The Kier molecular flexibility index (Phi) is 4.66. The molecule has 0 heterocycles. The van der Waals surface area contributed by atoms with E-state index in [2.05, 4.69) is 6.92 Å². The largest absolute Gasteiger partial charge is 0.204 e. The summed E-state index contributed by atoms with van der Waals surface area (Å²) in [4.78, 5) is 0. The lowest BCUT2D eigenvalue weighted by molar-refractivity contribution is 0.445. The average Bonchev–Trinajstić information content (AvgIpc) is 2.21. The number of benzene rings is 1. The first-order valence-electron chi connectivity index (χ1n) is 5.08. The number of hydrogen-bond acceptors (Lipinski definition) is 0. The Hall–Kier alpha value is -0.990. The fraction of sp³-hybridized carbons (Fsp3) is 0.417. The first kappa shape index (κ1) is 12.1. The SMILES string of the molecule is [CH2]CCCCCc1cc(F)c(F)c(F)c1. The standard InChI is InChI=1S/C12H14F3/c1-2-3-4-5-6-9-7-10(13)12(15)11(14)8-9/h7-8H,1-6H2. The molecular formula is C12H14F3. The first-order chi connectivity index (χ1) is 7.15. The van der Waals surface area contributed by atoms with Gasteiger partial charge in [-0.2, -0.15) is 0 Å². The van der Waals surface area contributed by atoms with Gasteiger partial charge in [0.25, 0.3) is 0 Å². The zero-order chi connectivity index (χ0) is 11.3. The third kappa shape index (κ3) is 3.57. The van der Waals surface area contributed by atoms with Crippen LogP contribution in [0.2, 0.25) is 0 Å². The second-order valence-electron chi connectivity index (χ2n) is 3.54. The Balaban J connectivity index is 2.55. The smallest absolute Gasteiger partial charge is 0.194 e. The van der Waals surface area contributed by atoms with Crippen LogP contribution in [0.5, 0.6) is 0 Å². The van der Waals surface area contributed by atoms with Gasteiger partial charge in [-0.3, -0.25) is 0 Å². The minimum absolute atomic E-state index is 0.510. The van der Waals surface area contributed by atoms with Crippen molar-refractivity contribution in [2.45, 2.75) is 32.1 Å². The molecule has 1 radical (unpaired) electrons. The zero-order valence-electron chi connectivity index (χ0n) is 8.53. The van der Waals surface area contributed by atoms with Gasteiger partial charge >= 0.3 is 0 Å². The normalized spacial score (nSPS) is 10.7. The molecule has 0 bridgehead atoms. The van der Waals surface area contributed by atoms with Gasteiger partial charge in [0, 0.05) is 0 Å². The molecule has 15 heavy (non-hydrogen) atoms. The van der Waals surface area contributed by atoms with E-state index in [1.54, 1.807) is 0 Å². The summed E-state index contributed by atoms with van der Waals surface area (Å²) < 4.78 is 38.2. The van der Waals surface area contributed by atoms with Crippen LogP contribution in [0.25, 0.3) is 0 Å². The summed E-state index contributed by atoms with van der Waals surface area (Å²) in [6.45, 7) is 3.70. The van der Waals surface area contributed by atoms with Crippen molar-refractivity contribution in [3.63, 3.8) is 0 Å². The van der Waals surface area contributed by atoms with Gasteiger partial charge in [0.05, 0.1) is 0 Å². The van der Waals surface area contributed by atoms with E-state index in [4.69, 9.17) is 0 Å². The first-order valence-corrected chi connectivity index (χ1v) is 5.08. The van der Waals surface area contributed by atoms with Gasteiger partial charge in [0.15, 0.2) is 17.5 Å². The lowest BCUT2D eigenvalue weighted by Gasteiger charge is -2.03. The summed E-state index contributed by atoms with van der Waals surface area (Å²) in [6.07, 6.45) is 4.27. The number of rotatable bonds is 5. The van der Waals surface area contributed by atoms with E-state index in [9.17, 15) is 13.2 Å². The molecule has 3 heteroatoms. The van der Waals surface area contributed by atoms with Gasteiger partial charge in [-0.25, -0.2) is 13.2 Å². The summed E-state index contributed by atoms with van der Waals surface area (Å²) in [5, 5.41) is 0. The van der Waals surface area contributed by atoms with Gasteiger partial charge in [-0.1, -0.05) is 26.2 Å². The van der Waals surface area contributed by atoms with Crippen molar-refractivity contribution in [3.05, 3.63) is 42.1 Å². The minimum atomic E-state index is -1.39. The van der Waals surface area contributed by atoms with Crippen molar-refractivity contribution in [2.75, 3.05) is 0 Å². The fourth-order valence-electron chi connectivity index (χ4n) is 1.44. The van der Waals surface area contributed by atoms with E-state index in [-0.39, 0.29) is 0 Å². The highest BCUT2D eigenvalue weighted by molar-refractivity contribution is 5.19. The molecule has 0 N–H and O–H groups in total. The molecule has 0 aromatic heterocycles. The van der Waals surface area contributed by atoms with Gasteiger partial charge in [0.1, 0.15) is 0 Å². The molecule has 0 spiro atoms. The van der Waals surface area contributed by atoms with Crippen LogP contribution in [0.1, 0.15) is 31.2 Å². The quantitative estimate of drug-likeness (QED) is 0.513. The maximum absolute atomic E-state index is 12.8. The topological polar surface area (TPSA) is 0 Å². The summed E-state index contributed by atoms with van der Waals surface area (Å²) in [5.41, 5.74) is 0.510. The molecule has 0 saturated carbocycles. The molecule has 0 aliphatic carbocycles. The van der Waals surface area contributed by atoms with Crippen LogP contribution in [0.3, 0.4) is 0 Å². The molecule has 0 amide bonds. The van der Waals surface area contributed by atoms with Crippen LogP contribution in [0.4, 0.5) is 13.2 Å². The van der Waals surface area contributed by atoms with Crippen molar-refractivity contribution < 1.29 is 13.2 Å². The van der Waals surface area contributed by atoms with E-state index < -0.39 is 17.5 Å². The lowest BCUT2D eigenvalue weighted by Crippen LogP contribution is -1.95. The number of aryl methyl sites for hydroxylation is 1. The summed E-state index contributed by atoms with van der Waals surface area (Å²) in [5.74, 6) is -3.61. The Morgan fingerprint density at radius 3 is 2.07 bits per heavy atom. The van der Waals surface area contributed by atoms with Gasteiger partial charge < -0.3 is 0 Å². The molecule has 0 fully saturated rings. The summed E-state index contributed by atoms with van der Waals surface area (Å²) >= 11 is 0. The Labute approximate surface area is 88.1 Å². The molecule has 0 atom stereocenters. The second kappa shape index (κ2) is 5.79. The van der Waals surface area contributed by atoms with Crippen LogP contribution in [-0.4, -0.2) is 0 Å². The zero-order valence-corrected chi connectivity index (χ0v) is 8.53. The van der Waals surface area contributed by atoms with Crippen LogP contribution in [0.15, 0.2) is 12.1 Å². The predicted octanol–water partition coefficient (Wildman–Crippen LogP) is 4.04. The minimum Gasteiger partial charge on any atom is -0.204 e. The van der Waals surface area contributed by atoms with E-state index in [0.29, 0.717) is 12.0 Å². The van der Waals surface area contributed by atoms with Crippen LogP contribution in [0, 0.1) is 24.4 Å². The van der Waals surface area contributed by atoms with Gasteiger partial charge in [-0.05, 0) is 30.5 Å². The molecule has 1 aromatic carbocycles. The predicted molar refractivity (Wildman–Crippen MR) is 53.8 cm³/mol. The molecule has 0 saturated heterocycles. The molecular weight excluding hydrogens is 201 g/mol. The Morgan fingerprint density at radius 1 is 0.933 bits per heavy atom. The monoisotopic (exact) mass is 215 g/mol. The van der Waals surface area contributed by atoms with E-state index in [1.807, 2.05) is 0 Å². The fourth-order valence-corrected chi connectivity index (χ4v) is 1.44. The summed E-state index contributed by atoms with van der Waals surface area (Å²) in [7, 11) is 0. The van der Waals surface area contributed by atoms with E-state index in [0.717, 1.165) is 37.8 Å². The highest BCUT2D eigenvalue weighted by Gasteiger charge is 2.09. The number of hydrogen-bond donors (Lipinski definition) is 0. The highest BCUT2D eigenvalue weighted by atomic mass is 19.2. The Morgan fingerprint density at radius 2 is 1.53 bits per heavy atom. The van der Waals surface area contributed by atoms with E-state index in [1.165, 1.54) is 0 Å².